The van der Waals surface area contributed by atoms with E-state index in [2.05, 4.69) is 10.0 Å². The Hall–Kier alpha value is -1.67. The normalized spacial score (nSPS) is 11.3. The number of carbonyl (C=O) groups excluding carboxylic acids is 1. The molecule has 2 rings (SSSR count). The first-order chi connectivity index (χ1) is 10.8. The van der Waals surface area contributed by atoms with Gasteiger partial charge in [-0.1, -0.05) is 23.2 Å². The Morgan fingerprint density at radius 3 is 2.30 bits per heavy atom. The summed E-state index contributed by atoms with van der Waals surface area (Å²) in [6.07, 6.45) is 0. The second kappa shape index (κ2) is 7.27. The molecule has 2 aromatic carbocycles. The maximum atomic E-state index is 12.8. The number of hydrogen-bond acceptors (Lipinski definition) is 3. The second-order valence-corrected chi connectivity index (χ2v) is 7.04. The van der Waals surface area contributed by atoms with Crippen LogP contribution in [0.4, 0.5) is 10.1 Å². The van der Waals surface area contributed by atoms with Gasteiger partial charge in [-0.15, -0.1) is 0 Å². The van der Waals surface area contributed by atoms with Crippen LogP contribution >= 0.6 is 23.2 Å². The van der Waals surface area contributed by atoms with Crippen LogP contribution in [0.15, 0.2) is 47.4 Å². The third-order valence-corrected chi connectivity index (χ3v) is 4.89. The molecule has 0 aliphatic carbocycles. The zero-order valence-corrected chi connectivity index (χ0v) is 13.8. The van der Waals surface area contributed by atoms with Crippen molar-refractivity contribution >= 4 is 44.8 Å². The molecule has 0 bridgehead atoms. The number of halogens is 3. The van der Waals surface area contributed by atoms with Crippen LogP contribution in [0.25, 0.3) is 0 Å². The number of anilines is 1. The zero-order valence-electron chi connectivity index (χ0n) is 11.5. The Balaban J connectivity index is 1.99. The first kappa shape index (κ1) is 17.7. The lowest BCUT2D eigenvalue weighted by molar-refractivity contribution is -0.115. The van der Waals surface area contributed by atoms with Gasteiger partial charge >= 0.3 is 0 Å². The summed E-state index contributed by atoms with van der Waals surface area (Å²) in [5.41, 5.74) is 0.352. The molecule has 0 fully saturated rings. The van der Waals surface area contributed by atoms with E-state index in [4.69, 9.17) is 23.2 Å². The molecule has 122 valence electrons. The maximum Gasteiger partial charge on any atom is 0.241 e. The molecule has 23 heavy (non-hydrogen) atoms. The van der Waals surface area contributed by atoms with Crippen LogP contribution in [0.1, 0.15) is 0 Å². The molecule has 0 aliphatic rings. The van der Waals surface area contributed by atoms with Gasteiger partial charge < -0.3 is 5.32 Å². The first-order valence-electron chi connectivity index (χ1n) is 6.28. The number of carbonyl (C=O) groups is 1. The molecule has 5 nitrogen and oxygen atoms in total. The third kappa shape index (κ3) is 4.90. The van der Waals surface area contributed by atoms with Gasteiger partial charge in [-0.05, 0) is 42.5 Å². The number of amides is 1. The van der Waals surface area contributed by atoms with Gasteiger partial charge in [-0.25, -0.2) is 17.5 Å². The van der Waals surface area contributed by atoms with Crippen molar-refractivity contribution in [1.82, 2.24) is 4.72 Å². The van der Waals surface area contributed by atoms with E-state index in [0.717, 1.165) is 0 Å². The van der Waals surface area contributed by atoms with Crippen molar-refractivity contribution in [1.29, 1.82) is 0 Å². The van der Waals surface area contributed by atoms with Crippen molar-refractivity contribution in [3.05, 3.63) is 58.3 Å². The molecule has 0 aliphatic heterocycles. The number of sulfonamides is 1. The highest BCUT2D eigenvalue weighted by Crippen LogP contribution is 2.24. The quantitative estimate of drug-likeness (QED) is 0.841. The monoisotopic (exact) mass is 376 g/mol. The molecule has 0 aromatic heterocycles. The molecule has 1 amide bonds. The van der Waals surface area contributed by atoms with E-state index in [1.165, 1.54) is 42.5 Å². The lowest BCUT2D eigenvalue weighted by Crippen LogP contribution is -2.32. The summed E-state index contributed by atoms with van der Waals surface area (Å²) in [7, 11) is -3.91. The van der Waals surface area contributed by atoms with Gasteiger partial charge in [0.05, 0.1) is 21.5 Å². The molecule has 0 heterocycles. The van der Waals surface area contributed by atoms with Crippen LogP contribution in [0.5, 0.6) is 0 Å². The third-order valence-electron chi connectivity index (χ3n) is 2.75. The van der Waals surface area contributed by atoms with E-state index in [1.54, 1.807) is 0 Å². The largest absolute Gasteiger partial charge is 0.325 e. The van der Waals surface area contributed by atoms with Crippen LogP contribution in [0.2, 0.25) is 10.0 Å². The highest BCUT2D eigenvalue weighted by atomic mass is 35.5. The van der Waals surface area contributed by atoms with E-state index in [0.29, 0.717) is 5.69 Å². The molecule has 0 saturated heterocycles. The Labute approximate surface area is 142 Å². The van der Waals surface area contributed by atoms with Crippen LogP contribution in [0, 0.1) is 5.82 Å². The summed E-state index contributed by atoms with van der Waals surface area (Å²) in [4.78, 5) is 11.6. The highest BCUT2D eigenvalue weighted by molar-refractivity contribution is 7.89. The van der Waals surface area contributed by atoms with Crippen molar-refractivity contribution in [3.63, 3.8) is 0 Å². The van der Waals surface area contributed by atoms with Gasteiger partial charge in [-0.2, -0.15) is 0 Å². The fourth-order valence-electron chi connectivity index (χ4n) is 1.63. The van der Waals surface area contributed by atoms with Gasteiger partial charge in [0.1, 0.15) is 5.82 Å². The van der Waals surface area contributed by atoms with Crippen molar-refractivity contribution in [2.75, 3.05) is 11.9 Å². The Morgan fingerprint density at radius 1 is 1.04 bits per heavy atom. The lowest BCUT2D eigenvalue weighted by atomic mass is 10.3. The maximum absolute atomic E-state index is 12.8. The lowest BCUT2D eigenvalue weighted by Gasteiger charge is -2.08. The van der Waals surface area contributed by atoms with Crippen LogP contribution < -0.4 is 10.0 Å². The predicted octanol–water partition coefficient (Wildman–Crippen LogP) is 3.05. The van der Waals surface area contributed by atoms with Gasteiger partial charge in [0.15, 0.2) is 0 Å². The predicted molar refractivity (Wildman–Crippen MR) is 86.7 cm³/mol. The van der Waals surface area contributed by atoms with Crippen LogP contribution in [-0.2, 0) is 14.8 Å². The topological polar surface area (TPSA) is 75.3 Å². The van der Waals surface area contributed by atoms with Crippen molar-refractivity contribution < 1.29 is 17.6 Å². The molecule has 0 unspecified atom stereocenters. The number of rotatable bonds is 5. The fourth-order valence-corrected chi connectivity index (χ4v) is 3.00. The molecule has 0 radical (unpaired) electrons. The molecule has 2 aromatic rings. The number of benzene rings is 2. The van der Waals surface area contributed by atoms with Gasteiger partial charge in [0.2, 0.25) is 15.9 Å². The Morgan fingerprint density at radius 2 is 1.70 bits per heavy atom. The standard InChI is InChI=1S/C14H11Cl2FN2O3S/c15-12-6-5-11(7-13(12)16)23(21,22)18-8-14(20)19-10-3-1-9(17)2-4-10/h1-7,18H,8H2,(H,19,20). The SMILES string of the molecule is O=C(CNS(=O)(=O)c1ccc(Cl)c(Cl)c1)Nc1ccc(F)cc1. The van der Waals surface area contributed by atoms with Crippen molar-refractivity contribution in [2.45, 2.75) is 4.90 Å². The fraction of sp³-hybridized carbons (Fsp3) is 0.0714. The minimum atomic E-state index is -3.91. The summed E-state index contributed by atoms with van der Waals surface area (Å²) in [5.74, 6) is -1.04. The smallest absolute Gasteiger partial charge is 0.241 e. The number of nitrogens with one attached hydrogen (secondary N) is 2. The summed E-state index contributed by atoms with van der Waals surface area (Å²) in [5, 5.41) is 2.74. The molecule has 9 heteroatoms. The van der Waals surface area contributed by atoms with E-state index >= 15 is 0 Å². The molecule has 0 saturated carbocycles. The molecule has 0 spiro atoms. The average Bonchev–Trinajstić information content (AvgIpc) is 2.50. The van der Waals surface area contributed by atoms with Gasteiger partial charge in [-0.3, -0.25) is 4.79 Å². The first-order valence-corrected chi connectivity index (χ1v) is 8.52. The van der Waals surface area contributed by atoms with Crippen molar-refractivity contribution in [3.8, 4) is 0 Å². The summed E-state index contributed by atoms with van der Waals surface area (Å²) in [6.45, 7) is -0.486. The summed E-state index contributed by atoms with van der Waals surface area (Å²) < 4.78 is 39.0. The number of hydrogen-bond donors (Lipinski definition) is 2. The summed E-state index contributed by atoms with van der Waals surface area (Å²) >= 11 is 11.5. The molecule has 2 N–H and O–H groups in total. The van der Waals surface area contributed by atoms with Gasteiger partial charge in [0, 0.05) is 5.69 Å². The van der Waals surface area contributed by atoms with E-state index in [9.17, 15) is 17.6 Å². The van der Waals surface area contributed by atoms with E-state index in [1.807, 2.05) is 0 Å². The molecular weight excluding hydrogens is 366 g/mol. The minimum Gasteiger partial charge on any atom is -0.325 e. The van der Waals surface area contributed by atoms with E-state index in [-0.39, 0.29) is 14.9 Å². The van der Waals surface area contributed by atoms with Crippen LogP contribution in [-0.4, -0.2) is 20.9 Å². The van der Waals surface area contributed by atoms with Crippen molar-refractivity contribution in [2.24, 2.45) is 0 Å². The molecular formula is C14H11Cl2FN2O3S. The Bertz CT molecular complexity index is 826. The summed E-state index contributed by atoms with van der Waals surface area (Å²) in [6, 6.07) is 8.88. The van der Waals surface area contributed by atoms with E-state index < -0.39 is 28.3 Å². The highest BCUT2D eigenvalue weighted by Gasteiger charge is 2.16. The molecule has 0 atom stereocenters. The zero-order chi connectivity index (χ0) is 17.0. The van der Waals surface area contributed by atoms with Crippen LogP contribution in [0.3, 0.4) is 0 Å². The second-order valence-electron chi connectivity index (χ2n) is 4.46. The Kier molecular flexibility index (Phi) is 5.59. The van der Waals surface area contributed by atoms with Gasteiger partial charge in [0.25, 0.3) is 0 Å². The average molecular weight is 377 g/mol. The minimum absolute atomic E-state index is 0.0882.